The Labute approximate surface area is 130 Å². The van der Waals surface area contributed by atoms with Crippen molar-refractivity contribution in [1.29, 1.82) is 0 Å². The van der Waals surface area contributed by atoms with E-state index < -0.39 is 0 Å². The summed E-state index contributed by atoms with van der Waals surface area (Å²) in [6.07, 6.45) is 8.65. The minimum absolute atomic E-state index is 0.246. The van der Waals surface area contributed by atoms with Crippen LogP contribution in [0.3, 0.4) is 0 Å². The van der Waals surface area contributed by atoms with Gasteiger partial charge >= 0.3 is 0 Å². The second kappa shape index (κ2) is 5.61. The molecule has 1 aromatic carbocycles. The summed E-state index contributed by atoms with van der Waals surface area (Å²) in [6, 6.07) is 11.3. The molecule has 0 bridgehead atoms. The summed E-state index contributed by atoms with van der Waals surface area (Å²) in [4.78, 5) is 16.2. The summed E-state index contributed by atoms with van der Waals surface area (Å²) in [5, 5.41) is 3.78. The Hall–Kier alpha value is -2.07. The number of benzene rings is 1. The highest BCUT2D eigenvalue weighted by molar-refractivity contribution is 5.88. The average Bonchev–Trinajstić information content (AvgIpc) is 2.93. The van der Waals surface area contributed by atoms with Crippen molar-refractivity contribution in [3.63, 3.8) is 0 Å². The molecule has 4 heteroatoms. The molecule has 1 fully saturated rings. The summed E-state index contributed by atoms with van der Waals surface area (Å²) in [5.74, 6) is 0.367. The first-order valence-electron chi connectivity index (χ1n) is 7.99. The number of nitroso groups, excluding NO2 is 1. The number of hydrogen-bond acceptors (Lipinski definition) is 3. The van der Waals surface area contributed by atoms with Crippen LogP contribution in [0.5, 0.6) is 0 Å². The fourth-order valence-electron chi connectivity index (χ4n) is 3.81. The van der Waals surface area contributed by atoms with Crippen LogP contribution in [0, 0.1) is 10.8 Å². The first-order valence-corrected chi connectivity index (χ1v) is 7.99. The number of nitrogens with one attached hydrogen (secondary N) is 1. The van der Waals surface area contributed by atoms with Gasteiger partial charge < -0.3 is 5.32 Å². The molecule has 0 saturated carbocycles. The molecule has 4 nitrogen and oxygen atoms in total. The smallest absolute Gasteiger partial charge is 0.230 e. The zero-order chi connectivity index (χ0) is 14.9. The molecule has 3 heterocycles. The van der Waals surface area contributed by atoms with Crippen LogP contribution >= 0.6 is 0 Å². The Morgan fingerprint density at radius 2 is 2.09 bits per heavy atom. The molecule has 0 amide bonds. The SMILES string of the molecule is O=[N+]1C=C2C=NC=C2[C@@H]2NC(Cc3ccccc3)CC[C@H]2C1. The number of aliphatic imine (C=N–C) groups is 1. The first kappa shape index (κ1) is 13.6. The van der Waals surface area contributed by atoms with Crippen molar-refractivity contribution in [2.24, 2.45) is 10.9 Å². The third kappa shape index (κ3) is 2.55. The average molecular weight is 294 g/mol. The zero-order valence-electron chi connectivity index (χ0n) is 12.5. The van der Waals surface area contributed by atoms with Gasteiger partial charge in [0.05, 0.1) is 5.57 Å². The van der Waals surface area contributed by atoms with E-state index in [1.54, 1.807) is 12.4 Å². The minimum atomic E-state index is 0.246. The molecule has 3 aliphatic rings. The van der Waals surface area contributed by atoms with Crippen molar-refractivity contribution in [2.45, 2.75) is 31.3 Å². The summed E-state index contributed by atoms with van der Waals surface area (Å²) in [7, 11) is 0. The number of nitrogens with zero attached hydrogens (tertiary/aromatic N) is 2. The van der Waals surface area contributed by atoms with Gasteiger partial charge in [0.2, 0.25) is 12.7 Å². The van der Waals surface area contributed by atoms with Crippen LogP contribution in [0.2, 0.25) is 0 Å². The maximum absolute atomic E-state index is 12.0. The van der Waals surface area contributed by atoms with Crippen molar-refractivity contribution in [2.75, 3.05) is 6.54 Å². The lowest BCUT2D eigenvalue weighted by atomic mass is 9.81. The second-order valence-corrected chi connectivity index (χ2v) is 6.42. The molecule has 0 spiro atoms. The fourth-order valence-corrected chi connectivity index (χ4v) is 3.81. The molecule has 0 aromatic heterocycles. The predicted octanol–water partition coefficient (Wildman–Crippen LogP) is 2.61. The summed E-state index contributed by atoms with van der Waals surface area (Å²) in [5.41, 5.74) is 3.52. The highest BCUT2D eigenvalue weighted by Gasteiger charge is 2.40. The number of hydrogen-bond donors (Lipinski definition) is 1. The van der Waals surface area contributed by atoms with Crippen LogP contribution in [0.25, 0.3) is 0 Å². The maximum atomic E-state index is 12.0. The molecular formula is C18H20N3O+. The van der Waals surface area contributed by atoms with Crippen LogP contribution in [0.4, 0.5) is 0 Å². The van der Waals surface area contributed by atoms with Gasteiger partial charge in [-0.3, -0.25) is 4.99 Å². The van der Waals surface area contributed by atoms with E-state index in [1.807, 2.05) is 6.20 Å². The lowest BCUT2D eigenvalue weighted by molar-refractivity contribution is -0.487. The fraction of sp³-hybridized carbons (Fsp3) is 0.389. The van der Waals surface area contributed by atoms with Crippen LogP contribution < -0.4 is 5.32 Å². The zero-order valence-corrected chi connectivity index (χ0v) is 12.5. The van der Waals surface area contributed by atoms with Gasteiger partial charge in [-0.05, 0) is 24.8 Å². The number of piperidine rings is 1. The molecule has 1 saturated heterocycles. The molecule has 1 unspecified atom stereocenters. The van der Waals surface area contributed by atoms with Gasteiger partial charge in [-0.25, -0.2) is 0 Å². The van der Waals surface area contributed by atoms with E-state index in [0.717, 1.165) is 29.6 Å². The van der Waals surface area contributed by atoms with E-state index in [-0.39, 0.29) is 6.04 Å². The largest absolute Gasteiger partial charge is 0.306 e. The molecule has 0 aliphatic carbocycles. The highest BCUT2D eigenvalue weighted by Crippen LogP contribution is 2.33. The molecule has 4 rings (SSSR count). The van der Waals surface area contributed by atoms with E-state index in [2.05, 4.69) is 40.6 Å². The third-order valence-corrected chi connectivity index (χ3v) is 4.89. The molecular weight excluding hydrogens is 274 g/mol. The predicted molar refractivity (Wildman–Crippen MR) is 86.7 cm³/mol. The third-order valence-electron chi connectivity index (χ3n) is 4.89. The van der Waals surface area contributed by atoms with Crippen molar-refractivity contribution in [3.05, 3.63) is 64.3 Å². The summed E-state index contributed by atoms with van der Waals surface area (Å²) < 4.78 is 1.07. The van der Waals surface area contributed by atoms with Gasteiger partial charge in [0.15, 0.2) is 0 Å². The Bertz CT molecular complexity index is 675. The van der Waals surface area contributed by atoms with E-state index >= 15 is 0 Å². The second-order valence-electron chi connectivity index (χ2n) is 6.42. The highest BCUT2D eigenvalue weighted by atomic mass is 16.3. The quantitative estimate of drug-likeness (QED) is 0.852. The van der Waals surface area contributed by atoms with Gasteiger partial charge in [0, 0.05) is 45.7 Å². The monoisotopic (exact) mass is 294 g/mol. The van der Waals surface area contributed by atoms with Crippen molar-refractivity contribution < 1.29 is 4.76 Å². The molecule has 1 aromatic rings. The van der Waals surface area contributed by atoms with Crippen LogP contribution in [0.1, 0.15) is 18.4 Å². The van der Waals surface area contributed by atoms with Crippen molar-refractivity contribution in [1.82, 2.24) is 5.32 Å². The first-order chi connectivity index (χ1) is 10.8. The molecule has 112 valence electrons. The molecule has 3 atom stereocenters. The summed E-state index contributed by atoms with van der Waals surface area (Å²) in [6.45, 7) is 0.574. The van der Waals surface area contributed by atoms with Gasteiger partial charge in [-0.15, -0.1) is 0 Å². The van der Waals surface area contributed by atoms with Crippen molar-refractivity contribution in [3.8, 4) is 0 Å². The van der Waals surface area contributed by atoms with E-state index in [9.17, 15) is 4.91 Å². The maximum Gasteiger partial charge on any atom is 0.230 e. The molecule has 1 N–H and O–H groups in total. The van der Waals surface area contributed by atoms with Gasteiger partial charge in [-0.1, -0.05) is 30.3 Å². The topological polar surface area (TPSA) is 44.5 Å². The number of fused-ring (bicyclic) bond motifs is 3. The molecule has 3 aliphatic heterocycles. The van der Waals surface area contributed by atoms with E-state index in [1.165, 1.54) is 11.1 Å². The lowest BCUT2D eigenvalue weighted by Crippen LogP contribution is -2.50. The van der Waals surface area contributed by atoms with Crippen molar-refractivity contribution >= 4 is 6.21 Å². The van der Waals surface area contributed by atoms with E-state index in [0.29, 0.717) is 18.5 Å². The summed E-state index contributed by atoms with van der Waals surface area (Å²) >= 11 is 0. The van der Waals surface area contributed by atoms with Gasteiger partial charge in [0.1, 0.15) is 0 Å². The molecule has 22 heavy (non-hydrogen) atoms. The van der Waals surface area contributed by atoms with Crippen LogP contribution in [0.15, 0.2) is 58.9 Å². The normalized spacial score (nSPS) is 30.2. The van der Waals surface area contributed by atoms with Crippen LogP contribution in [-0.2, 0) is 6.42 Å². The Kier molecular flexibility index (Phi) is 3.47. The van der Waals surface area contributed by atoms with Gasteiger partial charge in [-0.2, -0.15) is 0 Å². The Morgan fingerprint density at radius 1 is 1.23 bits per heavy atom. The Balaban J connectivity index is 1.54. The Morgan fingerprint density at radius 3 is 2.95 bits per heavy atom. The van der Waals surface area contributed by atoms with Gasteiger partial charge in [0.25, 0.3) is 0 Å². The molecule has 0 radical (unpaired) electrons. The number of rotatable bonds is 2. The minimum Gasteiger partial charge on any atom is -0.306 e. The lowest BCUT2D eigenvalue weighted by Gasteiger charge is -2.35. The van der Waals surface area contributed by atoms with Crippen LogP contribution in [-0.4, -0.2) is 29.6 Å². The standard InChI is InChI=1S/C18H20N3O/c22-21-11-14-6-7-16(8-13-4-2-1-3-5-13)20-18(14)17-10-19-9-15(17)12-21/h1-5,9-10,12,14,16,18,20H,6-8,11H2/q+1/t14-,16?,18+/m0/s1. The van der Waals surface area contributed by atoms with E-state index in [4.69, 9.17) is 0 Å².